The summed E-state index contributed by atoms with van der Waals surface area (Å²) < 4.78 is 12.4. The molecule has 1 amide bonds. The Kier molecular flexibility index (Phi) is 10.2. The van der Waals surface area contributed by atoms with Gasteiger partial charge in [0.15, 0.2) is 5.60 Å². The molecule has 6 aliphatic rings. The Labute approximate surface area is 353 Å². The molecule has 6 N–H and O–H groups in total. The number of nitrogens with zero attached hydrogens (tertiary/aromatic N) is 3. The number of carbonyl (C=O) groups excluding carboxylic acids is 2. The largest absolute Gasteiger partial charge is 0.496 e. The Morgan fingerprint density at radius 1 is 1.02 bits per heavy atom. The highest BCUT2D eigenvalue weighted by Crippen LogP contribution is 2.67. The van der Waals surface area contributed by atoms with Crippen molar-refractivity contribution < 1.29 is 34.4 Å². The lowest BCUT2D eigenvalue weighted by molar-refractivity contribution is -0.203. The van der Waals surface area contributed by atoms with Crippen molar-refractivity contribution in [2.75, 3.05) is 79.0 Å². The maximum Gasteiger partial charge on any atom is 0.322 e. The number of methoxy groups -OCH3 is 2. The summed E-state index contributed by atoms with van der Waals surface area (Å²) in [7, 11) is 6.85. The molecule has 60 heavy (non-hydrogen) atoms. The van der Waals surface area contributed by atoms with Crippen LogP contribution < -0.4 is 20.3 Å². The number of hydrogen-bond donors (Lipinski definition) is 6. The highest BCUT2D eigenvalue weighted by molar-refractivity contribution is 5.95. The number of aromatic amines is 1. The molecule has 13 nitrogen and oxygen atoms in total. The number of hydrogen-bond acceptors (Lipinski definition) is 11. The van der Waals surface area contributed by atoms with Crippen LogP contribution in [-0.4, -0.2) is 145 Å². The van der Waals surface area contributed by atoms with Gasteiger partial charge in [-0.1, -0.05) is 44.2 Å². The normalized spacial score (nSPS) is 36.7. The molecular weight excluding hydrogens is 761 g/mol. The van der Waals surface area contributed by atoms with Gasteiger partial charge in [-0.15, -0.1) is 0 Å². The third kappa shape index (κ3) is 5.51. The Hall–Kier alpha value is -3.98. The summed E-state index contributed by atoms with van der Waals surface area (Å²) in [5.74, 6) is -0.585. The third-order valence-electron chi connectivity index (χ3n) is 16.1. The van der Waals surface area contributed by atoms with Crippen molar-refractivity contribution in [1.82, 2.24) is 25.4 Å². The summed E-state index contributed by atoms with van der Waals surface area (Å²) in [6.07, 6.45) is 6.68. The van der Waals surface area contributed by atoms with E-state index in [1.807, 2.05) is 51.0 Å². The van der Waals surface area contributed by atoms with Crippen LogP contribution in [0, 0.1) is 11.3 Å². The van der Waals surface area contributed by atoms with Gasteiger partial charge in [0.05, 0.1) is 25.9 Å². The molecule has 1 aliphatic carbocycles. The van der Waals surface area contributed by atoms with Crippen LogP contribution in [0.2, 0.25) is 0 Å². The molecule has 3 fully saturated rings. The third-order valence-corrected chi connectivity index (χ3v) is 16.1. The summed E-state index contributed by atoms with van der Waals surface area (Å²) in [5, 5.41) is 45.2. The molecule has 6 heterocycles. The molecule has 5 unspecified atom stereocenters. The van der Waals surface area contributed by atoms with Crippen LogP contribution in [0.15, 0.2) is 48.6 Å². The molecule has 10 atom stereocenters. The van der Waals surface area contributed by atoms with Crippen molar-refractivity contribution in [3.8, 4) is 5.75 Å². The van der Waals surface area contributed by atoms with E-state index in [-0.39, 0.29) is 12.0 Å². The number of piperidine rings is 1. The highest BCUT2D eigenvalue weighted by Gasteiger charge is 2.78. The van der Waals surface area contributed by atoms with Crippen LogP contribution in [0.4, 0.5) is 5.69 Å². The first-order valence-electron chi connectivity index (χ1n) is 22.2. The van der Waals surface area contributed by atoms with Crippen molar-refractivity contribution in [1.29, 1.82) is 0 Å². The Morgan fingerprint density at radius 3 is 2.55 bits per heavy atom. The lowest BCUT2D eigenvalue weighted by Crippen LogP contribution is -2.81. The van der Waals surface area contributed by atoms with Gasteiger partial charge in [0.2, 0.25) is 0 Å². The number of carbonyl (C=O) groups is 2. The van der Waals surface area contributed by atoms with Crippen molar-refractivity contribution >= 4 is 28.5 Å². The fourth-order valence-electron chi connectivity index (χ4n) is 13.6. The summed E-state index contributed by atoms with van der Waals surface area (Å²) in [6, 6.07) is 11.2. The molecule has 5 aliphatic heterocycles. The summed E-state index contributed by atoms with van der Waals surface area (Å²) >= 11 is 0. The number of H-pyrrole nitrogens is 1. The van der Waals surface area contributed by atoms with E-state index < -0.39 is 51.5 Å². The predicted molar refractivity (Wildman–Crippen MR) is 230 cm³/mol. The van der Waals surface area contributed by atoms with Crippen molar-refractivity contribution in [2.45, 2.75) is 99.0 Å². The minimum Gasteiger partial charge on any atom is -0.496 e. The fraction of sp³-hybridized carbons (Fsp3) is 0.617. The number of likely N-dealkylation sites (N-methyl/N-ethyl adjacent to an activating group) is 1. The van der Waals surface area contributed by atoms with E-state index in [0.717, 1.165) is 46.5 Å². The van der Waals surface area contributed by atoms with Gasteiger partial charge >= 0.3 is 5.97 Å². The molecule has 13 heteroatoms. The zero-order chi connectivity index (χ0) is 42.4. The van der Waals surface area contributed by atoms with Gasteiger partial charge in [0.25, 0.3) is 5.91 Å². The van der Waals surface area contributed by atoms with E-state index in [4.69, 9.17) is 9.47 Å². The first kappa shape index (κ1) is 41.4. The average molecular weight is 825 g/mol. The number of para-hydroxylation sites is 1. The van der Waals surface area contributed by atoms with E-state index in [1.165, 1.54) is 7.11 Å². The van der Waals surface area contributed by atoms with Crippen LogP contribution in [0.25, 0.3) is 10.9 Å². The van der Waals surface area contributed by atoms with E-state index in [2.05, 4.69) is 55.8 Å². The summed E-state index contributed by atoms with van der Waals surface area (Å²) in [5.41, 5.74) is -1.19. The van der Waals surface area contributed by atoms with Crippen LogP contribution in [0.5, 0.6) is 5.75 Å². The SMILES string of the molecule is CC[C@]1(O)CC2CN(CCc3c([nH]c4ccccc34)[C@@](C(=O)OC)(c3cc4c(cc3OC)N(C)C3C45CCN4CC=C[C@](CC)(C45)[C@@H](O)[C@]3(O)C(=O)NCCCNC)C2)C1. The van der Waals surface area contributed by atoms with Crippen LogP contribution in [0.1, 0.15) is 74.8 Å². The number of nitrogens with one attached hydrogen (secondary N) is 3. The second-order valence-corrected chi connectivity index (χ2v) is 18.8. The Morgan fingerprint density at radius 2 is 1.82 bits per heavy atom. The van der Waals surface area contributed by atoms with E-state index >= 15 is 4.79 Å². The number of aliphatic hydroxyl groups is 3. The lowest BCUT2D eigenvalue weighted by Gasteiger charge is -2.63. The first-order chi connectivity index (χ1) is 28.8. The Bertz CT molecular complexity index is 2210. The van der Waals surface area contributed by atoms with Gasteiger partial charge in [-0.25, -0.2) is 0 Å². The van der Waals surface area contributed by atoms with Crippen molar-refractivity contribution in [2.24, 2.45) is 11.3 Å². The van der Waals surface area contributed by atoms with E-state index in [9.17, 15) is 20.1 Å². The van der Waals surface area contributed by atoms with Gasteiger partial charge < -0.3 is 45.3 Å². The average Bonchev–Trinajstić information content (AvgIpc) is 3.92. The Balaban J connectivity index is 1.32. The lowest BCUT2D eigenvalue weighted by atomic mass is 9.47. The van der Waals surface area contributed by atoms with Gasteiger partial charge in [-0.05, 0) is 94.3 Å². The number of amides is 1. The van der Waals surface area contributed by atoms with Crippen molar-refractivity contribution in [3.05, 3.63) is 70.9 Å². The molecule has 1 spiro atoms. The van der Waals surface area contributed by atoms with Crippen molar-refractivity contribution in [3.63, 3.8) is 0 Å². The number of aromatic nitrogens is 1. The minimum absolute atomic E-state index is 0.0774. The second-order valence-electron chi connectivity index (χ2n) is 18.8. The molecule has 1 aromatic heterocycles. The molecule has 2 saturated heterocycles. The smallest absolute Gasteiger partial charge is 0.322 e. The van der Waals surface area contributed by atoms with E-state index in [0.29, 0.717) is 89.0 Å². The van der Waals surface area contributed by atoms with Gasteiger partial charge in [0.1, 0.15) is 17.3 Å². The number of aliphatic hydroxyl groups excluding tert-OH is 1. The maximum absolute atomic E-state index is 15.3. The monoisotopic (exact) mass is 824 g/mol. The topological polar surface area (TPSA) is 163 Å². The van der Waals surface area contributed by atoms with Gasteiger partial charge in [-0.3, -0.25) is 19.4 Å². The molecule has 2 bridgehead atoms. The summed E-state index contributed by atoms with van der Waals surface area (Å²) in [6.45, 7) is 8.53. The number of benzene rings is 2. The maximum atomic E-state index is 15.3. The summed E-state index contributed by atoms with van der Waals surface area (Å²) in [4.78, 5) is 40.6. The molecule has 1 saturated carbocycles. The molecule has 324 valence electrons. The fourth-order valence-corrected chi connectivity index (χ4v) is 13.6. The highest BCUT2D eigenvalue weighted by atomic mass is 16.5. The quantitative estimate of drug-likeness (QED) is 0.101. The number of rotatable bonds is 10. The second kappa shape index (κ2) is 14.8. The molecule has 2 aromatic carbocycles. The molecular formula is C47H64N6O7. The molecule has 3 aromatic rings. The first-order valence-corrected chi connectivity index (χ1v) is 22.2. The van der Waals surface area contributed by atoms with Gasteiger partial charge in [-0.2, -0.15) is 0 Å². The van der Waals surface area contributed by atoms with Crippen LogP contribution in [-0.2, 0) is 31.6 Å². The number of fused-ring (bicyclic) bond motifs is 6. The predicted octanol–water partition coefficient (Wildman–Crippen LogP) is 2.97. The molecule has 9 rings (SSSR count). The van der Waals surface area contributed by atoms with Gasteiger partial charge in [0, 0.05) is 90.6 Å². The van der Waals surface area contributed by atoms with Crippen LogP contribution >= 0.6 is 0 Å². The number of ether oxygens (including phenoxy) is 2. The number of anilines is 1. The molecule has 0 radical (unpaired) electrons. The number of esters is 1. The van der Waals surface area contributed by atoms with E-state index in [1.54, 1.807) is 7.11 Å². The zero-order valence-electron chi connectivity index (χ0n) is 36.1. The van der Waals surface area contributed by atoms with Crippen LogP contribution in [0.3, 0.4) is 0 Å². The standard InChI is InChI=1S/C47H64N6O7/c1-7-43(57)25-29-26-46(42(56)60-6,37-31(15-21-52(27-29)28-43)30-13-9-10-14-34(30)50-37)33-23-32-35(24-36(33)59-5)51(4)39-45(32)17-22-53-20-11-16-44(8-2,38(45)53)40(54)47(39,58)41(55)49-19-12-18-48-3/h9-11,13-14,16,23-24,29,38-40,48,50,54,57-58H,7-8,12,15,17-22,25-28H2,1-6H3,(H,49,55)/t29?,38?,39?,40-,43+,44-,45?,46+,47+/m1/s1. The zero-order valence-corrected chi connectivity index (χ0v) is 36.1. The minimum atomic E-state index is -2.20.